The summed E-state index contributed by atoms with van der Waals surface area (Å²) in [7, 11) is 0. The molecule has 1 aromatic heterocycles. The molecule has 2 aliphatic heterocycles. The minimum atomic E-state index is 0.261. The van der Waals surface area contributed by atoms with Crippen LogP contribution in [0.25, 0.3) is 0 Å². The van der Waals surface area contributed by atoms with Crippen LogP contribution in [0.3, 0.4) is 0 Å². The predicted octanol–water partition coefficient (Wildman–Crippen LogP) is 0.743. The third-order valence-electron chi connectivity index (χ3n) is 3.43. The topological polar surface area (TPSA) is 64.3 Å². The Hall–Kier alpha value is -1.20. The van der Waals surface area contributed by atoms with Crippen molar-refractivity contribution in [3.05, 3.63) is 17.1 Å². The zero-order valence-corrected chi connectivity index (χ0v) is 10.1. The molecule has 0 spiro atoms. The van der Waals surface area contributed by atoms with Gasteiger partial charge in [-0.3, -0.25) is 0 Å². The van der Waals surface area contributed by atoms with Gasteiger partial charge in [-0.1, -0.05) is 0 Å². The second kappa shape index (κ2) is 4.23. The third-order valence-corrected chi connectivity index (χ3v) is 3.43. The SMILES string of the molecule is Cc1nc2c(c(N3CCCC(N)C3)n1)COC2. The average molecular weight is 234 g/mol. The number of hydrogen-bond acceptors (Lipinski definition) is 5. The van der Waals surface area contributed by atoms with Crippen LogP contribution in [0.1, 0.15) is 29.9 Å². The molecule has 0 radical (unpaired) electrons. The van der Waals surface area contributed by atoms with E-state index in [1.54, 1.807) is 0 Å². The minimum Gasteiger partial charge on any atom is -0.370 e. The van der Waals surface area contributed by atoms with E-state index in [1.807, 2.05) is 6.92 Å². The van der Waals surface area contributed by atoms with Gasteiger partial charge in [-0.15, -0.1) is 0 Å². The van der Waals surface area contributed by atoms with Crippen LogP contribution in [0.2, 0.25) is 0 Å². The molecular weight excluding hydrogens is 216 g/mol. The van der Waals surface area contributed by atoms with E-state index >= 15 is 0 Å². The molecule has 3 rings (SSSR count). The number of aryl methyl sites for hydroxylation is 1. The Morgan fingerprint density at radius 1 is 1.35 bits per heavy atom. The van der Waals surface area contributed by atoms with E-state index in [2.05, 4.69) is 14.9 Å². The standard InChI is InChI=1S/C12H18N4O/c1-8-14-11-7-17-6-10(11)12(15-8)16-4-2-3-9(13)5-16/h9H,2-7,13H2,1H3. The van der Waals surface area contributed by atoms with Crippen molar-refractivity contribution in [3.8, 4) is 0 Å². The van der Waals surface area contributed by atoms with Gasteiger partial charge in [-0.05, 0) is 19.8 Å². The lowest BCUT2D eigenvalue weighted by Crippen LogP contribution is -2.43. The first-order chi connectivity index (χ1) is 8.24. The first-order valence-electron chi connectivity index (χ1n) is 6.18. The molecule has 0 amide bonds. The minimum absolute atomic E-state index is 0.261. The van der Waals surface area contributed by atoms with Crippen molar-refractivity contribution < 1.29 is 4.74 Å². The summed E-state index contributed by atoms with van der Waals surface area (Å²) in [5.74, 6) is 1.86. The number of anilines is 1. The van der Waals surface area contributed by atoms with E-state index in [-0.39, 0.29) is 6.04 Å². The Labute approximate surface area is 101 Å². The molecule has 5 nitrogen and oxygen atoms in total. The van der Waals surface area contributed by atoms with Crippen molar-refractivity contribution in [2.24, 2.45) is 5.73 Å². The maximum Gasteiger partial charge on any atom is 0.138 e. The lowest BCUT2D eigenvalue weighted by Gasteiger charge is -2.32. The van der Waals surface area contributed by atoms with E-state index < -0.39 is 0 Å². The average Bonchev–Trinajstić information content (AvgIpc) is 2.75. The fourth-order valence-electron chi connectivity index (χ4n) is 2.62. The Morgan fingerprint density at radius 2 is 2.24 bits per heavy atom. The van der Waals surface area contributed by atoms with Crippen LogP contribution in [-0.4, -0.2) is 29.1 Å². The number of ether oxygens (including phenoxy) is 1. The maximum atomic E-state index is 6.03. The largest absolute Gasteiger partial charge is 0.370 e. The lowest BCUT2D eigenvalue weighted by molar-refractivity contribution is 0.133. The van der Waals surface area contributed by atoms with E-state index in [4.69, 9.17) is 10.5 Å². The van der Waals surface area contributed by atoms with E-state index in [0.29, 0.717) is 13.2 Å². The fourth-order valence-corrected chi connectivity index (χ4v) is 2.62. The second-order valence-electron chi connectivity index (χ2n) is 4.86. The highest BCUT2D eigenvalue weighted by Gasteiger charge is 2.25. The number of fused-ring (bicyclic) bond motifs is 1. The molecule has 1 atom stereocenters. The van der Waals surface area contributed by atoms with Gasteiger partial charge < -0.3 is 15.4 Å². The Morgan fingerprint density at radius 3 is 3.06 bits per heavy atom. The normalized spacial score (nSPS) is 23.9. The van der Waals surface area contributed by atoms with Crippen LogP contribution in [0.5, 0.6) is 0 Å². The summed E-state index contributed by atoms with van der Waals surface area (Å²) in [6, 6.07) is 0.261. The van der Waals surface area contributed by atoms with Gasteiger partial charge in [0.25, 0.3) is 0 Å². The monoisotopic (exact) mass is 234 g/mol. The molecule has 92 valence electrons. The summed E-state index contributed by atoms with van der Waals surface area (Å²) in [4.78, 5) is 11.3. The first kappa shape index (κ1) is 10.9. The van der Waals surface area contributed by atoms with Crippen molar-refractivity contribution in [2.45, 2.75) is 39.0 Å². The van der Waals surface area contributed by atoms with Crippen molar-refractivity contribution in [1.29, 1.82) is 0 Å². The second-order valence-corrected chi connectivity index (χ2v) is 4.86. The van der Waals surface area contributed by atoms with E-state index in [0.717, 1.165) is 48.8 Å². The lowest BCUT2D eigenvalue weighted by atomic mass is 10.1. The summed E-state index contributed by atoms with van der Waals surface area (Å²) in [6.45, 7) is 5.12. The summed E-state index contributed by atoms with van der Waals surface area (Å²) in [6.07, 6.45) is 2.25. The Kier molecular flexibility index (Phi) is 2.72. The Bertz CT molecular complexity index is 435. The fraction of sp³-hybridized carbons (Fsp3) is 0.667. The summed E-state index contributed by atoms with van der Waals surface area (Å²) < 4.78 is 5.47. The van der Waals surface area contributed by atoms with Crippen LogP contribution in [0, 0.1) is 6.92 Å². The highest BCUT2D eigenvalue weighted by Crippen LogP contribution is 2.28. The molecule has 5 heteroatoms. The number of nitrogens with zero attached hydrogens (tertiary/aromatic N) is 3. The molecule has 2 N–H and O–H groups in total. The van der Waals surface area contributed by atoms with Crippen molar-refractivity contribution in [3.63, 3.8) is 0 Å². The van der Waals surface area contributed by atoms with Crippen LogP contribution in [0.15, 0.2) is 0 Å². The predicted molar refractivity (Wildman–Crippen MR) is 64.7 cm³/mol. The van der Waals surface area contributed by atoms with Gasteiger partial charge >= 0.3 is 0 Å². The quantitative estimate of drug-likeness (QED) is 0.776. The molecule has 1 fully saturated rings. The summed E-state index contributed by atoms with van der Waals surface area (Å²) in [5.41, 5.74) is 8.23. The Balaban J connectivity index is 1.96. The van der Waals surface area contributed by atoms with Gasteiger partial charge in [0.1, 0.15) is 11.6 Å². The molecular formula is C12H18N4O. The van der Waals surface area contributed by atoms with E-state index in [1.165, 1.54) is 0 Å². The number of rotatable bonds is 1. The van der Waals surface area contributed by atoms with Crippen molar-refractivity contribution >= 4 is 5.82 Å². The highest BCUT2D eigenvalue weighted by atomic mass is 16.5. The number of piperidine rings is 1. The summed E-state index contributed by atoms with van der Waals surface area (Å²) in [5, 5.41) is 0. The highest BCUT2D eigenvalue weighted by molar-refractivity contribution is 5.50. The van der Waals surface area contributed by atoms with Crippen LogP contribution in [-0.2, 0) is 18.0 Å². The summed E-state index contributed by atoms with van der Waals surface area (Å²) >= 11 is 0. The molecule has 1 aromatic rings. The van der Waals surface area contributed by atoms with Crippen molar-refractivity contribution in [2.75, 3.05) is 18.0 Å². The molecule has 1 unspecified atom stereocenters. The van der Waals surface area contributed by atoms with Gasteiger partial charge in [0.05, 0.1) is 18.9 Å². The van der Waals surface area contributed by atoms with Crippen LogP contribution in [0.4, 0.5) is 5.82 Å². The van der Waals surface area contributed by atoms with Crippen LogP contribution < -0.4 is 10.6 Å². The van der Waals surface area contributed by atoms with Crippen molar-refractivity contribution in [1.82, 2.24) is 9.97 Å². The van der Waals surface area contributed by atoms with Gasteiger partial charge in [-0.25, -0.2) is 9.97 Å². The van der Waals surface area contributed by atoms with Gasteiger partial charge in [0.2, 0.25) is 0 Å². The molecule has 2 aliphatic rings. The van der Waals surface area contributed by atoms with Gasteiger partial charge in [0.15, 0.2) is 0 Å². The van der Waals surface area contributed by atoms with Crippen LogP contribution >= 0.6 is 0 Å². The molecule has 0 bridgehead atoms. The number of hydrogen-bond donors (Lipinski definition) is 1. The smallest absolute Gasteiger partial charge is 0.138 e. The zero-order valence-electron chi connectivity index (χ0n) is 10.1. The first-order valence-corrected chi connectivity index (χ1v) is 6.18. The maximum absolute atomic E-state index is 6.03. The molecule has 0 aliphatic carbocycles. The molecule has 17 heavy (non-hydrogen) atoms. The number of nitrogens with two attached hydrogens (primary N) is 1. The third kappa shape index (κ3) is 2.00. The zero-order chi connectivity index (χ0) is 11.8. The molecule has 0 aromatic carbocycles. The van der Waals surface area contributed by atoms with Gasteiger partial charge in [0, 0.05) is 24.7 Å². The molecule has 3 heterocycles. The van der Waals surface area contributed by atoms with Gasteiger partial charge in [-0.2, -0.15) is 0 Å². The number of aromatic nitrogens is 2. The molecule has 0 saturated carbocycles. The molecule has 1 saturated heterocycles. The van der Waals surface area contributed by atoms with E-state index in [9.17, 15) is 0 Å².